The van der Waals surface area contributed by atoms with Gasteiger partial charge in [-0.15, -0.1) is 0 Å². The zero-order valence-electron chi connectivity index (χ0n) is 9.59. The van der Waals surface area contributed by atoms with Crippen molar-refractivity contribution in [2.24, 2.45) is 0 Å². The van der Waals surface area contributed by atoms with Crippen LogP contribution in [0.4, 0.5) is 5.69 Å². The lowest BCUT2D eigenvalue weighted by atomic mass is 10.3. The molecule has 0 heterocycles. The molecular formula is C11H15NO5. The second-order valence-corrected chi connectivity index (χ2v) is 3.37. The van der Waals surface area contributed by atoms with Crippen LogP contribution in [0.3, 0.4) is 0 Å². The van der Waals surface area contributed by atoms with Crippen molar-refractivity contribution in [2.75, 3.05) is 20.3 Å². The van der Waals surface area contributed by atoms with E-state index >= 15 is 0 Å². The Morgan fingerprint density at radius 3 is 2.71 bits per heavy atom. The van der Waals surface area contributed by atoms with Gasteiger partial charge in [-0.05, 0) is 18.9 Å². The number of hydrogen-bond acceptors (Lipinski definition) is 5. The molecule has 0 saturated heterocycles. The molecule has 0 aliphatic rings. The Kier molecular flexibility index (Phi) is 5.22. The number of methoxy groups -OCH3 is 1. The number of ether oxygens (including phenoxy) is 2. The van der Waals surface area contributed by atoms with Crippen molar-refractivity contribution in [1.29, 1.82) is 0 Å². The lowest BCUT2D eigenvalue weighted by Crippen LogP contribution is -2.01. The van der Waals surface area contributed by atoms with E-state index in [1.165, 1.54) is 25.3 Å². The fraction of sp³-hybridized carbons (Fsp3) is 0.455. The van der Waals surface area contributed by atoms with Crippen molar-refractivity contribution in [3.05, 3.63) is 28.3 Å². The van der Waals surface area contributed by atoms with Crippen LogP contribution in [-0.4, -0.2) is 30.4 Å². The van der Waals surface area contributed by atoms with E-state index < -0.39 is 4.92 Å². The molecule has 0 bridgehead atoms. The highest BCUT2D eigenvalue weighted by atomic mass is 16.6. The van der Waals surface area contributed by atoms with E-state index in [4.69, 9.17) is 14.6 Å². The van der Waals surface area contributed by atoms with Crippen molar-refractivity contribution in [2.45, 2.75) is 12.8 Å². The molecule has 0 aliphatic heterocycles. The maximum Gasteiger partial charge on any atom is 0.273 e. The number of nitro groups is 1. The molecule has 17 heavy (non-hydrogen) atoms. The average Bonchev–Trinajstić information content (AvgIpc) is 2.34. The van der Waals surface area contributed by atoms with Crippen LogP contribution < -0.4 is 9.47 Å². The Labute approximate surface area is 98.9 Å². The number of benzene rings is 1. The summed E-state index contributed by atoms with van der Waals surface area (Å²) in [6, 6.07) is 4.20. The SMILES string of the molecule is COc1cc([N+](=O)[O-])ccc1OCCCCO. The molecule has 0 fully saturated rings. The molecule has 1 N–H and O–H groups in total. The van der Waals surface area contributed by atoms with Gasteiger partial charge in [0, 0.05) is 12.7 Å². The van der Waals surface area contributed by atoms with E-state index in [9.17, 15) is 10.1 Å². The fourth-order valence-electron chi connectivity index (χ4n) is 1.29. The largest absolute Gasteiger partial charge is 0.493 e. The second kappa shape index (κ2) is 6.70. The van der Waals surface area contributed by atoms with Gasteiger partial charge >= 0.3 is 0 Å². The molecule has 0 aliphatic carbocycles. The molecule has 0 radical (unpaired) electrons. The van der Waals surface area contributed by atoms with Gasteiger partial charge < -0.3 is 14.6 Å². The summed E-state index contributed by atoms with van der Waals surface area (Å²) < 4.78 is 10.4. The minimum Gasteiger partial charge on any atom is -0.493 e. The van der Waals surface area contributed by atoms with Gasteiger partial charge in [0.1, 0.15) is 0 Å². The Hall–Kier alpha value is -1.82. The third kappa shape index (κ3) is 3.92. The summed E-state index contributed by atoms with van der Waals surface area (Å²) in [5, 5.41) is 19.2. The quantitative estimate of drug-likeness (QED) is 0.447. The Balaban J connectivity index is 2.68. The third-order valence-electron chi connectivity index (χ3n) is 2.17. The molecule has 1 aromatic carbocycles. The molecule has 0 atom stereocenters. The summed E-state index contributed by atoms with van der Waals surface area (Å²) in [7, 11) is 1.43. The molecule has 0 unspecified atom stereocenters. The van der Waals surface area contributed by atoms with E-state index in [2.05, 4.69) is 0 Å². The molecule has 6 heteroatoms. The van der Waals surface area contributed by atoms with E-state index in [1.807, 2.05) is 0 Å². The summed E-state index contributed by atoms with van der Waals surface area (Å²) in [5.74, 6) is 0.805. The van der Waals surface area contributed by atoms with Crippen LogP contribution in [0.25, 0.3) is 0 Å². The van der Waals surface area contributed by atoms with Crippen molar-refractivity contribution in [3.8, 4) is 11.5 Å². The van der Waals surface area contributed by atoms with Crippen LogP contribution in [-0.2, 0) is 0 Å². The van der Waals surface area contributed by atoms with Crippen LogP contribution in [0.1, 0.15) is 12.8 Å². The monoisotopic (exact) mass is 241 g/mol. The first-order valence-electron chi connectivity index (χ1n) is 5.25. The van der Waals surface area contributed by atoms with Crippen molar-refractivity contribution < 1.29 is 19.5 Å². The standard InChI is InChI=1S/C11H15NO5/c1-16-11-8-9(12(14)15)4-5-10(11)17-7-3-2-6-13/h4-5,8,13H,2-3,6-7H2,1H3. The van der Waals surface area contributed by atoms with Gasteiger partial charge in [-0.25, -0.2) is 0 Å². The number of aliphatic hydroxyl groups excluding tert-OH is 1. The summed E-state index contributed by atoms with van der Waals surface area (Å²) >= 11 is 0. The molecular weight excluding hydrogens is 226 g/mol. The second-order valence-electron chi connectivity index (χ2n) is 3.37. The predicted molar refractivity (Wildman–Crippen MR) is 61.5 cm³/mol. The topological polar surface area (TPSA) is 81.8 Å². The van der Waals surface area contributed by atoms with Crippen LogP contribution >= 0.6 is 0 Å². The number of nitrogens with zero attached hydrogens (tertiary/aromatic N) is 1. The number of nitro benzene ring substituents is 1. The first-order chi connectivity index (χ1) is 8.19. The van der Waals surface area contributed by atoms with Crippen LogP contribution in [0.15, 0.2) is 18.2 Å². The zero-order chi connectivity index (χ0) is 12.7. The smallest absolute Gasteiger partial charge is 0.273 e. The number of hydrogen-bond donors (Lipinski definition) is 1. The molecule has 0 spiro atoms. The van der Waals surface area contributed by atoms with E-state index in [0.717, 1.165) is 6.42 Å². The van der Waals surface area contributed by atoms with Gasteiger partial charge in [-0.3, -0.25) is 10.1 Å². The molecule has 1 rings (SSSR count). The summed E-state index contributed by atoms with van der Waals surface area (Å²) in [4.78, 5) is 10.1. The number of non-ortho nitro benzene ring substituents is 1. The number of rotatable bonds is 7. The van der Waals surface area contributed by atoms with Crippen LogP contribution in [0.5, 0.6) is 11.5 Å². The summed E-state index contributed by atoms with van der Waals surface area (Å²) in [6.07, 6.45) is 1.38. The Bertz CT molecular complexity index is 380. The van der Waals surface area contributed by atoms with Gasteiger partial charge in [0.05, 0.1) is 24.7 Å². The van der Waals surface area contributed by atoms with Crippen molar-refractivity contribution in [3.63, 3.8) is 0 Å². The normalized spacial score (nSPS) is 10.0. The minimum absolute atomic E-state index is 0.0374. The minimum atomic E-state index is -0.488. The van der Waals surface area contributed by atoms with Gasteiger partial charge in [-0.1, -0.05) is 0 Å². The van der Waals surface area contributed by atoms with Crippen LogP contribution in [0.2, 0.25) is 0 Å². The molecule has 0 saturated carbocycles. The Morgan fingerprint density at radius 2 is 2.12 bits per heavy atom. The highest BCUT2D eigenvalue weighted by Crippen LogP contribution is 2.31. The third-order valence-corrected chi connectivity index (χ3v) is 2.17. The van der Waals surface area contributed by atoms with Gasteiger partial charge in [0.2, 0.25) is 0 Å². The number of unbranched alkanes of at least 4 members (excludes halogenated alkanes) is 1. The first kappa shape index (κ1) is 13.2. The fourth-order valence-corrected chi connectivity index (χ4v) is 1.29. The van der Waals surface area contributed by atoms with E-state index in [1.54, 1.807) is 0 Å². The van der Waals surface area contributed by atoms with Crippen LogP contribution in [0, 0.1) is 10.1 Å². The highest BCUT2D eigenvalue weighted by molar-refractivity contribution is 5.48. The number of aliphatic hydroxyl groups is 1. The lowest BCUT2D eigenvalue weighted by molar-refractivity contribution is -0.384. The van der Waals surface area contributed by atoms with Crippen molar-refractivity contribution >= 4 is 5.69 Å². The lowest BCUT2D eigenvalue weighted by Gasteiger charge is -2.09. The summed E-state index contributed by atoms with van der Waals surface area (Å²) in [6.45, 7) is 0.565. The molecule has 1 aromatic rings. The molecule has 0 aromatic heterocycles. The van der Waals surface area contributed by atoms with Gasteiger partial charge in [0.15, 0.2) is 11.5 Å². The Morgan fingerprint density at radius 1 is 1.35 bits per heavy atom. The molecule has 0 amide bonds. The average molecular weight is 241 g/mol. The maximum absolute atomic E-state index is 10.6. The summed E-state index contributed by atoms with van der Waals surface area (Å²) in [5.41, 5.74) is -0.0374. The molecule has 94 valence electrons. The maximum atomic E-state index is 10.6. The van der Waals surface area contributed by atoms with Gasteiger partial charge in [-0.2, -0.15) is 0 Å². The highest BCUT2D eigenvalue weighted by Gasteiger charge is 2.11. The van der Waals surface area contributed by atoms with E-state index in [0.29, 0.717) is 24.5 Å². The van der Waals surface area contributed by atoms with Gasteiger partial charge in [0.25, 0.3) is 5.69 Å². The zero-order valence-corrected chi connectivity index (χ0v) is 9.59. The van der Waals surface area contributed by atoms with E-state index in [-0.39, 0.29) is 12.3 Å². The van der Waals surface area contributed by atoms with Crippen molar-refractivity contribution in [1.82, 2.24) is 0 Å². The molecule has 6 nitrogen and oxygen atoms in total. The first-order valence-corrected chi connectivity index (χ1v) is 5.25. The predicted octanol–water partition coefficient (Wildman–Crippen LogP) is 1.75.